The van der Waals surface area contributed by atoms with E-state index in [1.165, 1.54) is 0 Å². The Morgan fingerprint density at radius 2 is 2.40 bits per heavy atom. The fourth-order valence-electron chi connectivity index (χ4n) is 0.713. The van der Waals surface area contributed by atoms with Crippen LogP contribution in [0.15, 0.2) is 22.7 Å². The summed E-state index contributed by atoms with van der Waals surface area (Å²) in [6.07, 6.45) is 4.29. The zero-order valence-corrected chi connectivity index (χ0v) is 9.19. The number of alkyl halides is 2. The fourth-order valence-corrected chi connectivity index (χ4v) is 1.47. The molecule has 10 heavy (non-hydrogen) atoms. The molecule has 0 fully saturated rings. The fraction of sp³-hybridized carbons (Fsp3) is 0.429. The molecule has 0 amide bonds. The molecule has 0 N–H and O–H groups in total. The molecular weight excluding hydrogens is 310 g/mol. The second-order valence-corrected chi connectivity index (χ2v) is 5.47. The van der Waals surface area contributed by atoms with Crippen LogP contribution in [0.25, 0.3) is 0 Å². The molecule has 0 saturated heterocycles. The second kappa shape index (κ2) is 2.93. The Morgan fingerprint density at radius 1 is 1.80 bits per heavy atom. The van der Waals surface area contributed by atoms with Gasteiger partial charge in [0.25, 0.3) is 0 Å². The molecule has 3 heteroatoms. The topological polar surface area (TPSA) is 0 Å². The third kappa shape index (κ3) is 1.44. The Kier molecular flexibility index (Phi) is 2.55. The van der Waals surface area contributed by atoms with Crippen LogP contribution < -0.4 is 0 Å². The van der Waals surface area contributed by atoms with E-state index in [1.54, 1.807) is 12.2 Å². The van der Waals surface area contributed by atoms with E-state index >= 15 is 0 Å². The number of hydrogen-bond donors (Lipinski definition) is 0. The molecule has 0 heterocycles. The molecule has 2 atom stereocenters. The summed E-state index contributed by atoms with van der Waals surface area (Å²) < 4.78 is 13.5. The summed E-state index contributed by atoms with van der Waals surface area (Å²) in [7, 11) is 0. The van der Waals surface area contributed by atoms with Crippen LogP contribution in [0.2, 0.25) is 0 Å². The van der Waals surface area contributed by atoms with Crippen LogP contribution in [0.4, 0.5) is 4.39 Å². The first-order valence-electron chi connectivity index (χ1n) is 2.92. The van der Waals surface area contributed by atoms with Gasteiger partial charge in [0, 0.05) is 4.48 Å². The van der Waals surface area contributed by atoms with Gasteiger partial charge in [0.1, 0.15) is 6.17 Å². The average Bonchev–Trinajstić information content (AvgIpc) is 1.84. The predicted molar refractivity (Wildman–Crippen MR) is 53.5 cm³/mol. The smallest absolute Gasteiger partial charge is 0.137 e. The molecule has 1 aliphatic carbocycles. The Labute approximate surface area is 81.8 Å². The van der Waals surface area contributed by atoms with Crippen LogP contribution in [0.5, 0.6) is 0 Å². The SMILES string of the molecule is CC1(I)C(Br)=CC=CC1F. The Bertz CT molecular complexity index is 196. The van der Waals surface area contributed by atoms with Gasteiger partial charge in [-0.2, -0.15) is 0 Å². The Morgan fingerprint density at radius 3 is 2.80 bits per heavy atom. The second-order valence-electron chi connectivity index (χ2n) is 2.38. The Balaban J connectivity index is 2.93. The molecule has 56 valence electrons. The number of halogens is 3. The van der Waals surface area contributed by atoms with Crippen molar-refractivity contribution in [1.29, 1.82) is 0 Å². The van der Waals surface area contributed by atoms with Crippen LogP contribution in [-0.2, 0) is 0 Å². The molecule has 0 saturated carbocycles. The first kappa shape index (κ1) is 8.71. The summed E-state index contributed by atoms with van der Waals surface area (Å²) in [5, 5.41) is 0. The van der Waals surface area contributed by atoms with Crippen molar-refractivity contribution in [3.8, 4) is 0 Å². The zero-order chi connectivity index (χ0) is 7.78. The van der Waals surface area contributed by atoms with Crippen LogP contribution in [-0.4, -0.2) is 9.59 Å². The van der Waals surface area contributed by atoms with Crippen molar-refractivity contribution >= 4 is 38.5 Å². The highest BCUT2D eigenvalue weighted by atomic mass is 127. The molecule has 0 nitrogen and oxygen atoms in total. The molecule has 1 rings (SSSR count). The molecule has 0 aliphatic heterocycles. The summed E-state index contributed by atoms with van der Waals surface area (Å²) in [5.74, 6) is 0. The molecule has 0 aromatic carbocycles. The van der Waals surface area contributed by atoms with Gasteiger partial charge >= 0.3 is 0 Å². The number of rotatable bonds is 0. The van der Waals surface area contributed by atoms with E-state index in [0.717, 1.165) is 4.48 Å². The van der Waals surface area contributed by atoms with Gasteiger partial charge in [-0.05, 0) is 13.0 Å². The molecule has 1 aliphatic rings. The minimum absolute atomic E-state index is 0.410. The van der Waals surface area contributed by atoms with Crippen molar-refractivity contribution in [2.45, 2.75) is 16.5 Å². The van der Waals surface area contributed by atoms with E-state index in [4.69, 9.17) is 0 Å². The monoisotopic (exact) mass is 316 g/mol. The summed E-state index contributed by atoms with van der Waals surface area (Å²) in [6.45, 7) is 1.86. The van der Waals surface area contributed by atoms with Gasteiger partial charge in [-0.15, -0.1) is 0 Å². The maximum absolute atomic E-state index is 13.0. The summed E-state index contributed by atoms with van der Waals surface area (Å²) in [5.41, 5.74) is 0. The Hall–Kier alpha value is 0.620. The summed E-state index contributed by atoms with van der Waals surface area (Å²) in [4.78, 5) is 0. The lowest BCUT2D eigenvalue weighted by Gasteiger charge is -2.26. The van der Waals surface area contributed by atoms with Crippen molar-refractivity contribution in [1.82, 2.24) is 0 Å². The van der Waals surface area contributed by atoms with Crippen LogP contribution in [0.3, 0.4) is 0 Å². The average molecular weight is 317 g/mol. The van der Waals surface area contributed by atoms with Gasteiger partial charge in [-0.1, -0.05) is 50.7 Å². The maximum atomic E-state index is 13.0. The van der Waals surface area contributed by atoms with Gasteiger partial charge < -0.3 is 0 Å². The lowest BCUT2D eigenvalue weighted by atomic mass is 10.0. The standard InChI is InChI=1S/C7H7BrFI/c1-7(10)5(8)3-2-4-6(7)9/h2-4,6H,1H3. The molecular formula is C7H7BrFI. The van der Waals surface area contributed by atoms with Crippen LogP contribution in [0.1, 0.15) is 6.92 Å². The minimum atomic E-state index is -0.882. The van der Waals surface area contributed by atoms with Crippen molar-refractivity contribution < 1.29 is 4.39 Å². The number of hydrogen-bond acceptors (Lipinski definition) is 0. The highest BCUT2D eigenvalue weighted by Gasteiger charge is 2.34. The lowest BCUT2D eigenvalue weighted by molar-refractivity contribution is 0.365. The van der Waals surface area contributed by atoms with E-state index in [2.05, 4.69) is 38.5 Å². The van der Waals surface area contributed by atoms with Gasteiger partial charge in [0.15, 0.2) is 0 Å². The quantitative estimate of drug-likeness (QED) is 0.475. The molecule has 0 bridgehead atoms. The maximum Gasteiger partial charge on any atom is 0.137 e. The van der Waals surface area contributed by atoms with Crippen LogP contribution >= 0.6 is 38.5 Å². The molecule has 0 radical (unpaired) electrons. The van der Waals surface area contributed by atoms with Gasteiger partial charge in [0.05, 0.1) is 3.42 Å². The van der Waals surface area contributed by atoms with Crippen LogP contribution in [0, 0.1) is 0 Å². The van der Waals surface area contributed by atoms with E-state index in [9.17, 15) is 4.39 Å². The zero-order valence-electron chi connectivity index (χ0n) is 5.44. The molecule has 0 aromatic rings. The minimum Gasteiger partial charge on any atom is -0.241 e. The third-order valence-corrected chi connectivity index (χ3v) is 4.51. The van der Waals surface area contributed by atoms with E-state index < -0.39 is 9.59 Å². The van der Waals surface area contributed by atoms with Gasteiger partial charge in [-0.25, -0.2) is 4.39 Å². The normalized spacial score (nSPS) is 39.6. The van der Waals surface area contributed by atoms with E-state index in [0.29, 0.717) is 0 Å². The lowest BCUT2D eigenvalue weighted by Crippen LogP contribution is -2.29. The molecule has 0 aromatic heterocycles. The van der Waals surface area contributed by atoms with Crippen molar-refractivity contribution in [3.05, 3.63) is 22.7 Å². The largest absolute Gasteiger partial charge is 0.241 e. The third-order valence-electron chi connectivity index (χ3n) is 1.51. The first-order chi connectivity index (χ1) is 4.55. The van der Waals surface area contributed by atoms with Gasteiger partial charge in [0.2, 0.25) is 0 Å². The molecule has 0 spiro atoms. The number of allylic oxidation sites excluding steroid dienone is 4. The highest BCUT2D eigenvalue weighted by molar-refractivity contribution is 14.1. The van der Waals surface area contributed by atoms with E-state index in [-0.39, 0.29) is 0 Å². The summed E-state index contributed by atoms with van der Waals surface area (Å²) in [6, 6.07) is 0. The van der Waals surface area contributed by atoms with E-state index in [1.807, 2.05) is 13.0 Å². The molecule has 2 unspecified atom stereocenters. The highest BCUT2D eigenvalue weighted by Crippen LogP contribution is 2.39. The van der Waals surface area contributed by atoms with Crippen molar-refractivity contribution in [2.24, 2.45) is 0 Å². The predicted octanol–water partition coefficient (Wildman–Crippen LogP) is 3.37. The summed E-state index contributed by atoms with van der Waals surface area (Å²) >= 11 is 5.41. The van der Waals surface area contributed by atoms with Crippen molar-refractivity contribution in [2.75, 3.05) is 0 Å². The van der Waals surface area contributed by atoms with Gasteiger partial charge in [-0.3, -0.25) is 0 Å². The van der Waals surface area contributed by atoms with Crippen molar-refractivity contribution in [3.63, 3.8) is 0 Å². The first-order valence-corrected chi connectivity index (χ1v) is 4.80.